The van der Waals surface area contributed by atoms with E-state index in [-0.39, 0.29) is 11.6 Å². The van der Waals surface area contributed by atoms with Gasteiger partial charge in [-0.3, -0.25) is 4.79 Å². The number of amides is 1. The summed E-state index contributed by atoms with van der Waals surface area (Å²) in [6.07, 6.45) is 6.28. The maximum Gasteiger partial charge on any atom is 0.358 e. The van der Waals surface area contributed by atoms with E-state index in [0.717, 1.165) is 32.2 Å². The predicted octanol–water partition coefficient (Wildman–Crippen LogP) is 0.769. The van der Waals surface area contributed by atoms with Crippen LogP contribution in [-0.4, -0.2) is 50.0 Å². The number of carbonyl (C=O) groups excluding carboxylic acids is 1. The number of hydrogen-bond acceptors (Lipinski definition) is 4. The highest BCUT2D eigenvalue weighted by Crippen LogP contribution is 2.11. The van der Waals surface area contributed by atoms with Gasteiger partial charge in [0.25, 0.3) is 0 Å². The van der Waals surface area contributed by atoms with Gasteiger partial charge < -0.3 is 10.0 Å². The summed E-state index contributed by atoms with van der Waals surface area (Å²) in [5.74, 6) is -0.910. The highest BCUT2D eigenvalue weighted by Gasteiger charge is 2.16. The van der Waals surface area contributed by atoms with Crippen molar-refractivity contribution in [3.05, 3.63) is 11.9 Å². The van der Waals surface area contributed by atoms with E-state index in [4.69, 9.17) is 5.11 Å². The molecule has 0 bridgehead atoms. The lowest BCUT2D eigenvalue weighted by atomic mass is 10.1. The maximum atomic E-state index is 11.9. The van der Waals surface area contributed by atoms with Crippen molar-refractivity contribution in [3.63, 3.8) is 0 Å². The van der Waals surface area contributed by atoms with Gasteiger partial charge in [0.15, 0.2) is 5.69 Å². The van der Waals surface area contributed by atoms with E-state index in [0.29, 0.717) is 19.5 Å². The Morgan fingerprint density at radius 3 is 2.79 bits per heavy atom. The fraction of sp³-hybridized carbons (Fsp3) is 0.667. The summed E-state index contributed by atoms with van der Waals surface area (Å²) in [5.41, 5.74) is -0.0704. The zero-order valence-corrected chi connectivity index (χ0v) is 10.8. The van der Waals surface area contributed by atoms with Gasteiger partial charge in [-0.1, -0.05) is 18.1 Å². The van der Waals surface area contributed by atoms with Crippen LogP contribution in [0.4, 0.5) is 0 Å². The van der Waals surface area contributed by atoms with E-state index < -0.39 is 5.97 Å². The van der Waals surface area contributed by atoms with E-state index >= 15 is 0 Å². The number of aromatic carboxylic acids is 1. The number of aromatic nitrogens is 3. The Morgan fingerprint density at radius 2 is 2.05 bits per heavy atom. The van der Waals surface area contributed by atoms with E-state index in [1.165, 1.54) is 10.9 Å². The van der Waals surface area contributed by atoms with Crippen LogP contribution in [0.5, 0.6) is 0 Å². The monoisotopic (exact) mass is 266 g/mol. The van der Waals surface area contributed by atoms with Crippen LogP contribution >= 0.6 is 0 Å². The second kappa shape index (κ2) is 6.31. The second-order valence-corrected chi connectivity index (χ2v) is 4.72. The summed E-state index contributed by atoms with van der Waals surface area (Å²) in [6, 6.07) is 0. The van der Waals surface area contributed by atoms with Crippen LogP contribution in [0.2, 0.25) is 0 Å². The van der Waals surface area contributed by atoms with Crippen LogP contribution in [0, 0.1) is 0 Å². The molecule has 1 aliphatic heterocycles. The molecule has 1 aromatic rings. The Labute approximate surface area is 111 Å². The Morgan fingerprint density at radius 1 is 1.26 bits per heavy atom. The third kappa shape index (κ3) is 3.77. The lowest BCUT2D eigenvalue weighted by molar-refractivity contribution is -0.132. The van der Waals surface area contributed by atoms with Crippen LogP contribution in [0.1, 0.15) is 42.6 Å². The molecule has 1 aromatic heterocycles. The molecule has 7 heteroatoms. The van der Waals surface area contributed by atoms with E-state index in [9.17, 15) is 9.59 Å². The van der Waals surface area contributed by atoms with Gasteiger partial charge in [0.05, 0.1) is 12.7 Å². The molecule has 2 heterocycles. The number of carboxylic acid groups (broad SMARTS) is 1. The zero-order chi connectivity index (χ0) is 13.7. The summed E-state index contributed by atoms with van der Waals surface area (Å²) >= 11 is 0. The van der Waals surface area contributed by atoms with Crippen LogP contribution in [0.15, 0.2) is 6.20 Å². The first-order valence-electron chi connectivity index (χ1n) is 6.58. The van der Waals surface area contributed by atoms with Crippen LogP contribution in [0.25, 0.3) is 0 Å². The SMILES string of the molecule is O=C(O)c1cn(CCN2CCCCCCC2=O)nn1. The molecule has 2 rings (SSSR count). The third-order valence-electron chi connectivity index (χ3n) is 3.28. The second-order valence-electron chi connectivity index (χ2n) is 4.72. The molecule has 7 nitrogen and oxygen atoms in total. The van der Waals surface area contributed by atoms with Gasteiger partial charge >= 0.3 is 5.97 Å². The van der Waals surface area contributed by atoms with Crippen LogP contribution in [-0.2, 0) is 11.3 Å². The highest BCUT2D eigenvalue weighted by atomic mass is 16.4. The van der Waals surface area contributed by atoms with E-state index in [1.807, 2.05) is 4.90 Å². The Balaban J connectivity index is 1.88. The molecule has 0 aliphatic carbocycles. The van der Waals surface area contributed by atoms with Crippen molar-refractivity contribution < 1.29 is 14.7 Å². The molecule has 1 saturated heterocycles. The minimum Gasteiger partial charge on any atom is -0.476 e. The molecule has 104 valence electrons. The van der Waals surface area contributed by atoms with E-state index in [2.05, 4.69) is 10.3 Å². The fourth-order valence-electron chi connectivity index (χ4n) is 2.18. The minimum absolute atomic E-state index is 0.0704. The molecule has 1 N–H and O–H groups in total. The highest BCUT2D eigenvalue weighted by molar-refractivity contribution is 5.84. The first kappa shape index (κ1) is 13.5. The number of rotatable bonds is 4. The topological polar surface area (TPSA) is 88.3 Å². The van der Waals surface area contributed by atoms with Gasteiger partial charge in [-0.2, -0.15) is 0 Å². The first-order valence-corrected chi connectivity index (χ1v) is 6.58. The summed E-state index contributed by atoms with van der Waals surface area (Å²) in [5, 5.41) is 16.0. The summed E-state index contributed by atoms with van der Waals surface area (Å²) in [7, 11) is 0. The standard InChI is InChI=1S/C12H18N4O3/c17-11-5-3-1-2-4-6-15(11)7-8-16-9-10(12(18)19)13-14-16/h9H,1-8H2,(H,18,19). The third-order valence-corrected chi connectivity index (χ3v) is 3.28. The molecule has 0 spiro atoms. The first-order chi connectivity index (χ1) is 9.16. The smallest absolute Gasteiger partial charge is 0.358 e. The molecule has 0 radical (unpaired) electrons. The minimum atomic E-state index is -1.09. The van der Waals surface area contributed by atoms with Gasteiger partial charge in [-0.05, 0) is 12.8 Å². The van der Waals surface area contributed by atoms with Gasteiger partial charge in [0.1, 0.15) is 0 Å². The van der Waals surface area contributed by atoms with Crippen molar-refractivity contribution in [3.8, 4) is 0 Å². The van der Waals surface area contributed by atoms with Crippen LogP contribution < -0.4 is 0 Å². The van der Waals surface area contributed by atoms with Crippen molar-refractivity contribution >= 4 is 11.9 Å². The molecule has 0 aromatic carbocycles. The van der Waals surface area contributed by atoms with E-state index in [1.54, 1.807) is 0 Å². The largest absolute Gasteiger partial charge is 0.476 e. The molecule has 1 fully saturated rings. The lowest BCUT2D eigenvalue weighted by Crippen LogP contribution is -2.35. The number of likely N-dealkylation sites (tertiary alicyclic amines) is 1. The fourth-order valence-corrected chi connectivity index (χ4v) is 2.18. The van der Waals surface area contributed by atoms with Crippen LogP contribution in [0.3, 0.4) is 0 Å². The molecule has 1 aliphatic rings. The molecule has 0 saturated carbocycles. The molecule has 0 atom stereocenters. The summed E-state index contributed by atoms with van der Waals surface area (Å²) in [4.78, 5) is 24.4. The van der Waals surface area contributed by atoms with Gasteiger partial charge in [0, 0.05) is 19.5 Å². The number of nitrogens with zero attached hydrogens (tertiary/aromatic N) is 4. The average Bonchev–Trinajstić information content (AvgIpc) is 2.82. The molecule has 0 unspecified atom stereocenters. The molecular formula is C12H18N4O3. The maximum absolute atomic E-state index is 11.9. The normalized spacial score (nSPS) is 17.1. The predicted molar refractivity (Wildman–Crippen MR) is 66.6 cm³/mol. The summed E-state index contributed by atoms with van der Waals surface area (Å²) < 4.78 is 1.47. The van der Waals surface area contributed by atoms with Gasteiger partial charge in [-0.25, -0.2) is 9.48 Å². The Bertz CT molecular complexity index is 458. The molecule has 19 heavy (non-hydrogen) atoms. The molecule has 1 amide bonds. The average molecular weight is 266 g/mol. The van der Waals surface area contributed by atoms with Crippen molar-refractivity contribution in [2.45, 2.75) is 38.6 Å². The van der Waals surface area contributed by atoms with Crippen molar-refractivity contribution in [1.29, 1.82) is 0 Å². The van der Waals surface area contributed by atoms with Gasteiger partial charge in [0.2, 0.25) is 5.91 Å². The molecular weight excluding hydrogens is 248 g/mol. The lowest BCUT2D eigenvalue weighted by Gasteiger charge is -2.24. The number of carbonyl (C=O) groups is 2. The van der Waals surface area contributed by atoms with Crippen molar-refractivity contribution in [2.75, 3.05) is 13.1 Å². The quantitative estimate of drug-likeness (QED) is 0.869. The Hall–Kier alpha value is -1.92. The van der Waals surface area contributed by atoms with Crippen molar-refractivity contribution in [1.82, 2.24) is 19.9 Å². The summed E-state index contributed by atoms with van der Waals surface area (Å²) in [6.45, 7) is 1.81. The van der Waals surface area contributed by atoms with Gasteiger partial charge in [-0.15, -0.1) is 5.10 Å². The van der Waals surface area contributed by atoms with Crippen molar-refractivity contribution in [2.24, 2.45) is 0 Å². The number of carboxylic acids is 1. The Kier molecular flexibility index (Phi) is 4.48. The number of hydrogen-bond donors (Lipinski definition) is 1. The zero-order valence-electron chi connectivity index (χ0n) is 10.8.